The van der Waals surface area contributed by atoms with Crippen molar-refractivity contribution in [2.45, 2.75) is 59.0 Å². The summed E-state index contributed by atoms with van der Waals surface area (Å²) in [6.07, 6.45) is 4.99. The third kappa shape index (κ3) is 4.11. The van der Waals surface area contributed by atoms with E-state index in [1.54, 1.807) is 0 Å². The Kier molecular flexibility index (Phi) is 5.87. The maximum Gasteiger partial charge on any atom is 0.0801 e. The van der Waals surface area contributed by atoms with Crippen LogP contribution in [0.4, 0.5) is 0 Å². The number of nitrogens with one attached hydrogen (secondary N) is 1. The van der Waals surface area contributed by atoms with Gasteiger partial charge >= 0.3 is 0 Å². The van der Waals surface area contributed by atoms with Gasteiger partial charge < -0.3 is 5.32 Å². The molecule has 0 aliphatic carbocycles. The lowest BCUT2D eigenvalue weighted by Crippen LogP contribution is -2.24. The second kappa shape index (κ2) is 7.66. The van der Waals surface area contributed by atoms with Gasteiger partial charge in [-0.1, -0.05) is 18.3 Å². The van der Waals surface area contributed by atoms with E-state index >= 15 is 0 Å². The molecule has 2 rings (SSSR count). The number of aryl methyl sites for hydroxylation is 1. The van der Waals surface area contributed by atoms with Crippen molar-refractivity contribution in [1.29, 1.82) is 0 Å². The molecule has 1 unspecified atom stereocenters. The number of aromatic nitrogens is 4. The largest absolute Gasteiger partial charge is 0.309 e. The number of nitrogens with zero attached hydrogens (tertiary/aromatic N) is 4. The summed E-state index contributed by atoms with van der Waals surface area (Å²) >= 11 is 1.51. The lowest BCUT2D eigenvalue weighted by molar-refractivity contribution is 0.501. The van der Waals surface area contributed by atoms with Gasteiger partial charge in [0.05, 0.1) is 22.3 Å². The van der Waals surface area contributed by atoms with E-state index in [2.05, 4.69) is 60.0 Å². The number of rotatable bonds is 8. The van der Waals surface area contributed by atoms with Crippen molar-refractivity contribution in [3.05, 3.63) is 28.5 Å². The molecule has 0 saturated carbocycles. The van der Waals surface area contributed by atoms with Crippen LogP contribution in [0.15, 0.2) is 12.3 Å². The van der Waals surface area contributed by atoms with E-state index in [0.717, 1.165) is 37.2 Å². The van der Waals surface area contributed by atoms with Gasteiger partial charge in [-0.3, -0.25) is 4.68 Å². The molecule has 0 fully saturated rings. The van der Waals surface area contributed by atoms with Crippen LogP contribution < -0.4 is 5.32 Å². The SMILES string of the molecule is CCCNC(Cc1ccn(C(C)C)n1)c1snnc1CC. The van der Waals surface area contributed by atoms with Gasteiger partial charge in [0.15, 0.2) is 0 Å². The molecule has 0 aromatic carbocycles. The lowest BCUT2D eigenvalue weighted by Gasteiger charge is -2.16. The van der Waals surface area contributed by atoms with Crippen LogP contribution in [0, 0.1) is 0 Å². The van der Waals surface area contributed by atoms with E-state index in [1.807, 2.05) is 4.68 Å². The highest BCUT2D eigenvalue weighted by molar-refractivity contribution is 7.05. The fourth-order valence-corrected chi connectivity index (χ4v) is 3.10. The fourth-order valence-electron chi connectivity index (χ4n) is 2.28. The summed E-state index contributed by atoms with van der Waals surface area (Å²) < 4.78 is 6.13. The minimum atomic E-state index is 0.260. The van der Waals surface area contributed by atoms with Gasteiger partial charge in [0.1, 0.15) is 0 Å². The van der Waals surface area contributed by atoms with E-state index in [9.17, 15) is 0 Å². The molecule has 21 heavy (non-hydrogen) atoms. The Morgan fingerprint density at radius 1 is 1.33 bits per heavy atom. The topological polar surface area (TPSA) is 55.6 Å². The van der Waals surface area contributed by atoms with Crippen molar-refractivity contribution in [2.24, 2.45) is 0 Å². The Morgan fingerprint density at radius 2 is 2.14 bits per heavy atom. The van der Waals surface area contributed by atoms with Crippen molar-refractivity contribution in [3.8, 4) is 0 Å². The minimum Gasteiger partial charge on any atom is -0.309 e. The molecule has 0 amide bonds. The summed E-state index contributed by atoms with van der Waals surface area (Å²) in [6, 6.07) is 2.77. The highest BCUT2D eigenvalue weighted by Crippen LogP contribution is 2.24. The van der Waals surface area contributed by atoms with Crippen LogP contribution in [0.5, 0.6) is 0 Å². The molecule has 0 aliphatic heterocycles. The molecule has 2 aromatic rings. The monoisotopic (exact) mass is 307 g/mol. The number of hydrogen-bond donors (Lipinski definition) is 1. The van der Waals surface area contributed by atoms with Crippen LogP contribution in [-0.4, -0.2) is 25.9 Å². The maximum absolute atomic E-state index is 4.66. The van der Waals surface area contributed by atoms with Crippen LogP contribution in [0.3, 0.4) is 0 Å². The normalized spacial score (nSPS) is 13.0. The second-order valence-electron chi connectivity index (χ2n) is 5.53. The minimum absolute atomic E-state index is 0.260. The van der Waals surface area contributed by atoms with Crippen molar-refractivity contribution < 1.29 is 0 Å². The Labute approximate surface area is 130 Å². The molecule has 2 heterocycles. The molecule has 116 valence electrons. The van der Waals surface area contributed by atoms with Crippen LogP contribution in [0.25, 0.3) is 0 Å². The molecule has 0 spiro atoms. The van der Waals surface area contributed by atoms with Gasteiger partial charge in [0.2, 0.25) is 0 Å². The van der Waals surface area contributed by atoms with E-state index in [1.165, 1.54) is 16.4 Å². The second-order valence-corrected chi connectivity index (χ2v) is 6.31. The first kappa shape index (κ1) is 16.1. The molecular formula is C15H25N5S. The first-order valence-corrected chi connectivity index (χ1v) is 8.51. The zero-order valence-electron chi connectivity index (χ0n) is 13.3. The molecule has 1 N–H and O–H groups in total. The zero-order valence-corrected chi connectivity index (χ0v) is 14.2. The Morgan fingerprint density at radius 3 is 2.76 bits per heavy atom. The van der Waals surface area contributed by atoms with Crippen molar-refractivity contribution >= 4 is 11.5 Å². The van der Waals surface area contributed by atoms with Gasteiger partial charge in [0.25, 0.3) is 0 Å². The summed E-state index contributed by atoms with van der Waals surface area (Å²) in [5.41, 5.74) is 2.23. The predicted octanol–water partition coefficient (Wildman–Crippen LogP) is 3.16. The molecule has 0 aliphatic rings. The zero-order chi connectivity index (χ0) is 15.2. The third-order valence-electron chi connectivity index (χ3n) is 3.48. The van der Waals surface area contributed by atoms with Crippen LogP contribution in [0.2, 0.25) is 0 Å². The Balaban J connectivity index is 2.15. The summed E-state index contributed by atoms with van der Waals surface area (Å²) in [5, 5.41) is 12.5. The molecule has 2 aromatic heterocycles. The maximum atomic E-state index is 4.66. The Bertz CT molecular complexity index is 546. The molecular weight excluding hydrogens is 282 g/mol. The first-order chi connectivity index (χ1) is 10.2. The van der Waals surface area contributed by atoms with Gasteiger partial charge in [0, 0.05) is 18.7 Å². The number of hydrogen-bond acceptors (Lipinski definition) is 5. The van der Waals surface area contributed by atoms with E-state index < -0.39 is 0 Å². The smallest absolute Gasteiger partial charge is 0.0801 e. The van der Waals surface area contributed by atoms with E-state index in [4.69, 9.17) is 0 Å². The third-order valence-corrected chi connectivity index (χ3v) is 4.36. The summed E-state index contributed by atoms with van der Waals surface area (Å²) in [7, 11) is 0. The summed E-state index contributed by atoms with van der Waals surface area (Å²) in [5.74, 6) is 0. The van der Waals surface area contributed by atoms with Gasteiger partial charge in [-0.05, 0) is 50.8 Å². The van der Waals surface area contributed by atoms with Gasteiger partial charge in [-0.25, -0.2) is 0 Å². The average molecular weight is 307 g/mol. The fraction of sp³-hybridized carbons (Fsp3) is 0.667. The van der Waals surface area contributed by atoms with Crippen LogP contribution in [0.1, 0.15) is 62.5 Å². The lowest BCUT2D eigenvalue weighted by atomic mass is 10.1. The molecule has 0 saturated heterocycles. The van der Waals surface area contributed by atoms with Crippen molar-refractivity contribution in [2.75, 3.05) is 6.54 Å². The molecule has 0 radical (unpaired) electrons. The highest BCUT2D eigenvalue weighted by atomic mass is 32.1. The molecule has 1 atom stereocenters. The van der Waals surface area contributed by atoms with E-state index in [0.29, 0.717) is 6.04 Å². The summed E-state index contributed by atoms with van der Waals surface area (Å²) in [4.78, 5) is 1.25. The van der Waals surface area contributed by atoms with Gasteiger partial charge in [-0.2, -0.15) is 5.10 Å². The average Bonchev–Trinajstić information content (AvgIpc) is 3.11. The van der Waals surface area contributed by atoms with E-state index in [-0.39, 0.29) is 6.04 Å². The Hall–Kier alpha value is -1.27. The standard InChI is InChI=1S/C15H25N5S/c1-5-8-16-14(15-13(6-2)17-19-21-15)10-12-7-9-20(18-12)11(3)4/h7,9,11,14,16H,5-6,8,10H2,1-4H3. The van der Waals surface area contributed by atoms with Crippen LogP contribution in [-0.2, 0) is 12.8 Å². The highest BCUT2D eigenvalue weighted by Gasteiger charge is 2.19. The van der Waals surface area contributed by atoms with Crippen molar-refractivity contribution in [1.82, 2.24) is 24.7 Å². The van der Waals surface area contributed by atoms with Crippen LogP contribution >= 0.6 is 11.5 Å². The predicted molar refractivity (Wildman–Crippen MR) is 86.6 cm³/mol. The quantitative estimate of drug-likeness (QED) is 0.814. The molecule has 0 bridgehead atoms. The van der Waals surface area contributed by atoms with Crippen molar-refractivity contribution in [3.63, 3.8) is 0 Å². The van der Waals surface area contributed by atoms with Gasteiger partial charge in [-0.15, -0.1) is 5.10 Å². The summed E-state index contributed by atoms with van der Waals surface area (Å²) in [6.45, 7) is 9.60. The molecule has 5 nitrogen and oxygen atoms in total. The first-order valence-electron chi connectivity index (χ1n) is 7.74. The molecule has 6 heteroatoms.